The summed E-state index contributed by atoms with van der Waals surface area (Å²) >= 11 is 5.89. The fraction of sp³-hybridized carbons (Fsp3) is 0.333. The molecule has 110 valence electrons. The maximum absolute atomic E-state index is 12.7. The van der Waals surface area contributed by atoms with Crippen LogP contribution in [0.15, 0.2) is 30.6 Å². The summed E-state index contributed by atoms with van der Waals surface area (Å²) in [5, 5.41) is 9.65. The highest BCUT2D eigenvalue weighted by Gasteiger charge is 2.30. The van der Waals surface area contributed by atoms with Gasteiger partial charge in [0.15, 0.2) is 0 Å². The number of aromatic amines is 1. The highest BCUT2D eigenvalue weighted by atomic mass is 35.5. The van der Waals surface area contributed by atoms with E-state index in [-0.39, 0.29) is 22.7 Å². The number of imidazole rings is 1. The molecule has 0 unspecified atom stereocenters. The SMILES string of the molecule is O=C(c1ccc(O)c(Cl)c1)N1CCCC[C@@H]1c1ncc[nH]1. The number of nitrogens with one attached hydrogen (secondary N) is 1. The lowest BCUT2D eigenvalue weighted by molar-refractivity contribution is 0.0601. The van der Waals surface area contributed by atoms with Gasteiger partial charge in [-0.3, -0.25) is 4.79 Å². The molecule has 0 bridgehead atoms. The summed E-state index contributed by atoms with van der Waals surface area (Å²) in [5.74, 6) is 0.709. The van der Waals surface area contributed by atoms with Crippen molar-refractivity contribution in [1.82, 2.24) is 14.9 Å². The Morgan fingerprint density at radius 1 is 1.43 bits per heavy atom. The molecule has 2 N–H and O–H groups in total. The van der Waals surface area contributed by atoms with Crippen LogP contribution in [0.3, 0.4) is 0 Å². The van der Waals surface area contributed by atoms with Crippen molar-refractivity contribution in [2.45, 2.75) is 25.3 Å². The third-order valence-electron chi connectivity index (χ3n) is 3.79. The molecule has 0 aliphatic carbocycles. The van der Waals surface area contributed by atoms with E-state index in [2.05, 4.69) is 9.97 Å². The molecule has 5 nitrogen and oxygen atoms in total. The van der Waals surface area contributed by atoms with E-state index in [4.69, 9.17) is 11.6 Å². The Labute approximate surface area is 127 Å². The maximum atomic E-state index is 12.7. The second kappa shape index (κ2) is 5.77. The van der Waals surface area contributed by atoms with Gasteiger partial charge < -0.3 is 15.0 Å². The number of rotatable bonds is 2. The Morgan fingerprint density at radius 3 is 3.00 bits per heavy atom. The number of phenolic OH excluding ortho intramolecular Hbond substituents is 1. The van der Waals surface area contributed by atoms with Crippen molar-refractivity contribution >= 4 is 17.5 Å². The van der Waals surface area contributed by atoms with E-state index >= 15 is 0 Å². The molecule has 21 heavy (non-hydrogen) atoms. The zero-order chi connectivity index (χ0) is 14.8. The van der Waals surface area contributed by atoms with Crippen LogP contribution >= 0.6 is 11.6 Å². The molecule has 0 spiro atoms. The van der Waals surface area contributed by atoms with Gasteiger partial charge in [-0.15, -0.1) is 0 Å². The zero-order valence-electron chi connectivity index (χ0n) is 11.4. The van der Waals surface area contributed by atoms with E-state index in [0.29, 0.717) is 12.1 Å². The third-order valence-corrected chi connectivity index (χ3v) is 4.10. The largest absolute Gasteiger partial charge is 0.506 e. The molecular formula is C15H16ClN3O2. The zero-order valence-corrected chi connectivity index (χ0v) is 12.2. The van der Waals surface area contributed by atoms with Crippen LogP contribution in [-0.4, -0.2) is 32.4 Å². The standard InChI is InChI=1S/C15H16ClN3O2/c16-11-9-10(4-5-13(11)20)15(21)19-8-2-1-3-12(19)14-17-6-7-18-14/h4-7,9,12,20H,1-3,8H2,(H,17,18)/t12-/m1/s1. The smallest absolute Gasteiger partial charge is 0.254 e. The quantitative estimate of drug-likeness (QED) is 0.895. The number of carbonyl (C=O) groups excluding carboxylic acids is 1. The highest BCUT2D eigenvalue weighted by Crippen LogP contribution is 2.31. The lowest BCUT2D eigenvalue weighted by atomic mass is 10.00. The Morgan fingerprint density at radius 2 is 2.29 bits per heavy atom. The number of H-pyrrole nitrogens is 1. The van der Waals surface area contributed by atoms with Crippen molar-refractivity contribution in [3.63, 3.8) is 0 Å². The Kier molecular flexibility index (Phi) is 3.84. The maximum Gasteiger partial charge on any atom is 0.254 e. The average Bonchev–Trinajstić information content (AvgIpc) is 3.03. The van der Waals surface area contributed by atoms with Crippen molar-refractivity contribution in [2.24, 2.45) is 0 Å². The first kappa shape index (κ1) is 13.9. The molecule has 1 aromatic heterocycles. The van der Waals surface area contributed by atoms with Gasteiger partial charge in [0.1, 0.15) is 11.6 Å². The van der Waals surface area contributed by atoms with Crippen LogP contribution < -0.4 is 0 Å². The number of aromatic nitrogens is 2. The van der Waals surface area contributed by atoms with Crippen molar-refractivity contribution in [2.75, 3.05) is 6.54 Å². The summed E-state index contributed by atoms with van der Waals surface area (Å²) in [4.78, 5) is 21.9. The van der Waals surface area contributed by atoms with Gasteiger partial charge in [-0.1, -0.05) is 11.6 Å². The lowest BCUT2D eigenvalue weighted by Gasteiger charge is -2.34. The predicted molar refractivity (Wildman–Crippen MR) is 79.3 cm³/mol. The molecule has 3 rings (SSSR count). The van der Waals surface area contributed by atoms with Crippen molar-refractivity contribution in [3.05, 3.63) is 47.0 Å². The molecule has 1 amide bonds. The number of hydrogen-bond donors (Lipinski definition) is 2. The molecule has 0 radical (unpaired) electrons. The van der Waals surface area contributed by atoms with Crippen LogP contribution in [0.1, 0.15) is 41.5 Å². The number of nitrogens with zero attached hydrogens (tertiary/aromatic N) is 2. The second-order valence-electron chi connectivity index (χ2n) is 5.15. The van der Waals surface area contributed by atoms with Crippen LogP contribution in [0.2, 0.25) is 5.02 Å². The number of halogens is 1. The summed E-state index contributed by atoms with van der Waals surface area (Å²) in [6.45, 7) is 0.697. The van der Waals surface area contributed by atoms with Gasteiger partial charge in [0.25, 0.3) is 5.91 Å². The molecule has 0 saturated carbocycles. The van der Waals surface area contributed by atoms with E-state index in [1.807, 2.05) is 4.90 Å². The first-order chi connectivity index (χ1) is 10.2. The van der Waals surface area contributed by atoms with Gasteiger partial charge in [0.05, 0.1) is 11.1 Å². The fourth-order valence-electron chi connectivity index (χ4n) is 2.72. The summed E-state index contributed by atoms with van der Waals surface area (Å²) in [7, 11) is 0. The Hall–Kier alpha value is -2.01. The van der Waals surface area contributed by atoms with Crippen LogP contribution in [0.5, 0.6) is 5.75 Å². The van der Waals surface area contributed by atoms with E-state index in [1.165, 1.54) is 12.1 Å². The molecule has 1 fully saturated rings. The lowest BCUT2D eigenvalue weighted by Crippen LogP contribution is -2.39. The summed E-state index contributed by atoms with van der Waals surface area (Å²) in [6, 6.07) is 4.51. The Bertz CT molecular complexity index is 642. The Balaban J connectivity index is 1.89. The van der Waals surface area contributed by atoms with Crippen LogP contribution in [-0.2, 0) is 0 Å². The number of aromatic hydroxyl groups is 1. The van der Waals surface area contributed by atoms with E-state index < -0.39 is 0 Å². The number of phenols is 1. The number of hydrogen-bond acceptors (Lipinski definition) is 3. The first-order valence-corrected chi connectivity index (χ1v) is 7.33. The van der Waals surface area contributed by atoms with E-state index in [9.17, 15) is 9.90 Å². The van der Waals surface area contributed by atoms with E-state index in [0.717, 1.165) is 25.1 Å². The molecule has 1 saturated heterocycles. The average molecular weight is 306 g/mol. The number of piperidine rings is 1. The van der Waals surface area contributed by atoms with Crippen molar-refractivity contribution in [1.29, 1.82) is 0 Å². The topological polar surface area (TPSA) is 69.2 Å². The van der Waals surface area contributed by atoms with Crippen molar-refractivity contribution in [3.8, 4) is 5.75 Å². The number of amides is 1. The monoisotopic (exact) mass is 305 g/mol. The predicted octanol–water partition coefficient (Wildman–Crippen LogP) is 3.14. The van der Waals surface area contributed by atoms with Gasteiger partial charge in [0.2, 0.25) is 0 Å². The molecule has 1 atom stereocenters. The third kappa shape index (κ3) is 2.74. The number of carbonyl (C=O) groups is 1. The van der Waals surface area contributed by atoms with Crippen LogP contribution in [0.4, 0.5) is 0 Å². The molecule has 6 heteroatoms. The van der Waals surface area contributed by atoms with Crippen LogP contribution in [0, 0.1) is 0 Å². The van der Waals surface area contributed by atoms with Gasteiger partial charge in [-0.25, -0.2) is 4.98 Å². The summed E-state index contributed by atoms with van der Waals surface area (Å²) in [5.41, 5.74) is 0.483. The molecule has 1 aliphatic heterocycles. The van der Waals surface area contributed by atoms with Gasteiger partial charge >= 0.3 is 0 Å². The first-order valence-electron chi connectivity index (χ1n) is 6.95. The van der Waals surface area contributed by atoms with Gasteiger partial charge in [-0.2, -0.15) is 0 Å². The number of benzene rings is 1. The van der Waals surface area contributed by atoms with E-state index in [1.54, 1.807) is 18.5 Å². The number of likely N-dealkylation sites (tertiary alicyclic amines) is 1. The molecular weight excluding hydrogens is 290 g/mol. The van der Waals surface area contributed by atoms with Gasteiger partial charge in [0, 0.05) is 24.5 Å². The second-order valence-corrected chi connectivity index (χ2v) is 5.56. The van der Waals surface area contributed by atoms with Crippen molar-refractivity contribution < 1.29 is 9.90 Å². The molecule has 1 aliphatic rings. The normalized spacial score (nSPS) is 18.7. The summed E-state index contributed by atoms with van der Waals surface area (Å²) < 4.78 is 0. The minimum Gasteiger partial charge on any atom is -0.506 e. The minimum atomic E-state index is -0.0852. The molecule has 2 aromatic rings. The van der Waals surface area contributed by atoms with Gasteiger partial charge in [-0.05, 0) is 37.5 Å². The minimum absolute atomic E-state index is 0.0190. The summed E-state index contributed by atoms with van der Waals surface area (Å²) in [6.07, 6.45) is 6.42. The molecule has 2 heterocycles. The van der Waals surface area contributed by atoms with Crippen LogP contribution in [0.25, 0.3) is 0 Å². The highest BCUT2D eigenvalue weighted by molar-refractivity contribution is 6.32. The molecule has 1 aromatic carbocycles. The fourth-order valence-corrected chi connectivity index (χ4v) is 2.90.